The topological polar surface area (TPSA) is 84.5 Å². The zero-order valence-corrected chi connectivity index (χ0v) is 19.4. The smallest absolute Gasteiger partial charge is 0.193 e. The molecule has 2 aromatic carbocycles. The van der Waals surface area contributed by atoms with Gasteiger partial charge in [0, 0.05) is 11.9 Å². The number of anilines is 1. The fourth-order valence-corrected chi connectivity index (χ4v) is 3.93. The summed E-state index contributed by atoms with van der Waals surface area (Å²) in [5.74, 6) is 0.352. The van der Waals surface area contributed by atoms with Crippen molar-refractivity contribution in [2.45, 2.75) is 45.1 Å². The zero-order valence-electron chi connectivity index (χ0n) is 16.2. The first kappa shape index (κ1) is 23.4. The number of nitrogens with one attached hydrogen (secondary N) is 1. The molecule has 0 saturated carbocycles. The lowest BCUT2D eigenvalue weighted by Crippen LogP contribution is -2.24. The maximum Gasteiger partial charge on any atom is 0.193 e. The Labute approximate surface area is 179 Å². The number of nitrogens with zero attached hydrogens (tertiary/aromatic N) is 1. The van der Waals surface area contributed by atoms with Crippen LogP contribution >= 0.6 is 24.0 Å². The minimum Gasteiger partial charge on any atom is -0.370 e. The zero-order chi connectivity index (χ0) is 19.3. The average Bonchev–Trinajstić information content (AvgIpc) is 2.59. The van der Waals surface area contributed by atoms with Crippen molar-refractivity contribution in [1.29, 1.82) is 0 Å². The van der Waals surface area contributed by atoms with Crippen LogP contribution in [0.3, 0.4) is 0 Å². The minimum atomic E-state index is -3.21. The van der Waals surface area contributed by atoms with E-state index in [1.165, 1.54) is 17.4 Å². The quantitative estimate of drug-likeness (QED) is 0.355. The number of halogens is 1. The molecule has 0 aliphatic heterocycles. The van der Waals surface area contributed by atoms with E-state index in [1.807, 2.05) is 6.07 Å². The Morgan fingerprint density at radius 3 is 2.19 bits per heavy atom. The number of nitrogens with two attached hydrogens (primary N) is 1. The predicted molar refractivity (Wildman–Crippen MR) is 124 cm³/mol. The first-order valence-electron chi connectivity index (χ1n) is 8.73. The summed E-state index contributed by atoms with van der Waals surface area (Å²) in [4.78, 5) is 4.76. The van der Waals surface area contributed by atoms with Crippen molar-refractivity contribution < 1.29 is 8.42 Å². The van der Waals surface area contributed by atoms with Gasteiger partial charge in [-0.15, -0.1) is 24.0 Å². The van der Waals surface area contributed by atoms with Gasteiger partial charge in [-0.2, -0.15) is 0 Å². The molecular formula is C20H28IN3O2S. The molecule has 27 heavy (non-hydrogen) atoms. The van der Waals surface area contributed by atoms with Crippen molar-refractivity contribution in [2.24, 2.45) is 10.7 Å². The van der Waals surface area contributed by atoms with Crippen LogP contribution < -0.4 is 11.1 Å². The Bertz CT molecular complexity index is 903. The number of benzene rings is 2. The second-order valence-electron chi connectivity index (χ2n) is 6.36. The van der Waals surface area contributed by atoms with Gasteiger partial charge in [-0.1, -0.05) is 44.2 Å². The number of hydrogen-bond acceptors (Lipinski definition) is 3. The summed E-state index contributed by atoms with van der Waals surface area (Å²) in [6.07, 6.45) is 3.04. The minimum absolute atomic E-state index is 0. The summed E-state index contributed by atoms with van der Waals surface area (Å²) in [5, 5.41) is 3.23. The van der Waals surface area contributed by atoms with E-state index >= 15 is 0 Å². The molecule has 0 amide bonds. The molecular weight excluding hydrogens is 473 g/mol. The summed E-state index contributed by atoms with van der Waals surface area (Å²) in [5.41, 5.74) is 11.2. The molecule has 2 aromatic rings. The van der Waals surface area contributed by atoms with Crippen LogP contribution in [0.5, 0.6) is 0 Å². The van der Waals surface area contributed by atoms with E-state index in [0.29, 0.717) is 17.4 Å². The van der Waals surface area contributed by atoms with Gasteiger partial charge in [0.1, 0.15) is 0 Å². The highest BCUT2D eigenvalue weighted by molar-refractivity contribution is 14.0. The van der Waals surface area contributed by atoms with E-state index in [0.717, 1.165) is 29.7 Å². The third kappa shape index (κ3) is 6.21. The molecule has 0 fully saturated rings. The second-order valence-corrected chi connectivity index (χ2v) is 8.34. The van der Waals surface area contributed by atoms with Crippen LogP contribution in [0.15, 0.2) is 46.3 Å². The molecule has 0 unspecified atom stereocenters. The van der Waals surface area contributed by atoms with Gasteiger partial charge in [-0.3, -0.25) is 0 Å². The first-order chi connectivity index (χ1) is 12.3. The number of rotatable bonds is 6. The highest BCUT2D eigenvalue weighted by Gasteiger charge is 2.11. The van der Waals surface area contributed by atoms with Crippen LogP contribution in [-0.4, -0.2) is 20.6 Å². The molecule has 0 aliphatic rings. The molecule has 7 heteroatoms. The van der Waals surface area contributed by atoms with Crippen LogP contribution in [0.1, 0.15) is 36.1 Å². The molecule has 0 aromatic heterocycles. The predicted octanol–water partition coefficient (Wildman–Crippen LogP) is 4.07. The van der Waals surface area contributed by atoms with Crippen molar-refractivity contribution >= 4 is 45.5 Å². The molecule has 5 nitrogen and oxygen atoms in total. The molecule has 2 rings (SSSR count). The van der Waals surface area contributed by atoms with E-state index in [4.69, 9.17) is 5.73 Å². The van der Waals surface area contributed by atoms with Gasteiger partial charge in [0.15, 0.2) is 15.8 Å². The van der Waals surface area contributed by atoms with Crippen LogP contribution in [-0.2, 0) is 29.2 Å². The van der Waals surface area contributed by atoms with E-state index < -0.39 is 9.84 Å². The Morgan fingerprint density at radius 1 is 1.11 bits per heavy atom. The van der Waals surface area contributed by atoms with Crippen molar-refractivity contribution in [3.05, 3.63) is 58.7 Å². The fourth-order valence-electron chi connectivity index (χ4n) is 2.97. The third-order valence-corrected chi connectivity index (χ3v) is 5.58. The molecule has 0 bridgehead atoms. The number of hydrogen-bond donors (Lipinski definition) is 2. The summed E-state index contributed by atoms with van der Waals surface area (Å²) in [7, 11) is -3.21. The standard InChI is InChI=1S/C20H27N3O2S.HI/c1-5-16-8-7-9-17(6-2)19(16)23-20(21)22-13-15-10-11-18(14(3)12-15)26(4,24)25;/h7-12H,5-6,13H2,1-4H3,(H3,21,22,23);1H. The molecule has 0 atom stereocenters. The molecule has 0 heterocycles. The van der Waals surface area contributed by atoms with Crippen LogP contribution in [0, 0.1) is 6.92 Å². The lowest BCUT2D eigenvalue weighted by molar-refractivity contribution is 0.601. The first-order valence-corrected chi connectivity index (χ1v) is 10.6. The normalized spacial score (nSPS) is 11.8. The summed E-state index contributed by atoms with van der Waals surface area (Å²) < 4.78 is 23.4. The van der Waals surface area contributed by atoms with E-state index in [-0.39, 0.29) is 24.0 Å². The number of guanidine groups is 1. The van der Waals surface area contributed by atoms with Gasteiger partial charge in [0.25, 0.3) is 0 Å². The highest BCUT2D eigenvalue weighted by atomic mass is 127. The lowest BCUT2D eigenvalue weighted by Gasteiger charge is -2.15. The number of aliphatic imine (C=N–C) groups is 1. The number of para-hydroxylation sites is 1. The SMILES string of the molecule is CCc1cccc(CC)c1NC(N)=NCc1ccc(S(C)(=O)=O)c(C)c1.I. The Morgan fingerprint density at radius 2 is 1.70 bits per heavy atom. The molecule has 0 saturated heterocycles. The van der Waals surface area contributed by atoms with Gasteiger partial charge in [-0.05, 0) is 48.1 Å². The van der Waals surface area contributed by atoms with Gasteiger partial charge in [0.05, 0.1) is 11.4 Å². The Kier molecular flexibility index (Phi) is 8.74. The molecule has 148 valence electrons. The summed E-state index contributed by atoms with van der Waals surface area (Å²) in [6, 6.07) is 11.5. The van der Waals surface area contributed by atoms with Crippen molar-refractivity contribution in [3.63, 3.8) is 0 Å². The van der Waals surface area contributed by atoms with E-state index in [2.05, 4.69) is 42.4 Å². The van der Waals surface area contributed by atoms with Crippen LogP contribution in [0.25, 0.3) is 0 Å². The van der Waals surface area contributed by atoms with Crippen molar-refractivity contribution in [1.82, 2.24) is 0 Å². The van der Waals surface area contributed by atoms with Crippen molar-refractivity contribution in [3.8, 4) is 0 Å². The van der Waals surface area contributed by atoms with Crippen LogP contribution in [0.2, 0.25) is 0 Å². The Balaban J connectivity index is 0.00000364. The summed E-state index contributed by atoms with van der Waals surface area (Å²) >= 11 is 0. The maximum atomic E-state index is 11.7. The lowest BCUT2D eigenvalue weighted by atomic mass is 10.0. The molecule has 0 aliphatic carbocycles. The maximum absolute atomic E-state index is 11.7. The fraction of sp³-hybridized carbons (Fsp3) is 0.350. The molecule has 3 N–H and O–H groups in total. The van der Waals surface area contributed by atoms with Crippen LogP contribution in [0.4, 0.5) is 5.69 Å². The van der Waals surface area contributed by atoms with Crippen molar-refractivity contribution in [2.75, 3.05) is 11.6 Å². The van der Waals surface area contributed by atoms with Gasteiger partial charge >= 0.3 is 0 Å². The van der Waals surface area contributed by atoms with Gasteiger partial charge in [-0.25, -0.2) is 13.4 Å². The summed E-state index contributed by atoms with van der Waals surface area (Å²) in [6.45, 7) is 6.40. The molecule has 0 spiro atoms. The second kappa shape index (κ2) is 10.1. The average molecular weight is 501 g/mol. The number of aryl methyl sites for hydroxylation is 3. The largest absolute Gasteiger partial charge is 0.370 e. The third-order valence-electron chi connectivity index (χ3n) is 4.32. The monoisotopic (exact) mass is 501 g/mol. The number of sulfone groups is 1. The van der Waals surface area contributed by atoms with Gasteiger partial charge < -0.3 is 11.1 Å². The van der Waals surface area contributed by atoms with Gasteiger partial charge in [0.2, 0.25) is 0 Å². The van der Waals surface area contributed by atoms with E-state index in [1.54, 1.807) is 19.1 Å². The Hall–Kier alpha value is -1.61. The molecule has 0 radical (unpaired) electrons. The highest BCUT2D eigenvalue weighted by Crippen LogP contribution is 2.22. The van der Waals surface area contributed by atoms with E-state index in [9.17, 15) is 8.42 Å².